The summed E-state index contributed by atoms with van der Waals surface area (Å²) in [6.45, 7) is 0.393. The molecule has 0 aromatic heterocycles. The number of carbonyl (C=O) groups is 2. The van der Waals surface area contributed by atoms with E-state index in [1.165, 1.54) is 17.0 Å². The number of alkyl halides is 3. The van der Waals surface area contributed by atoms with Gasteiger partial charge in [-0.15, -0.1) is 13.2 Å². The summed E-state index contributed by atoms with van der Waals surface area (Å²) >= 11 is 0. The summed E-state index contributed by atoms with van der Waals surface area (Å²) in [7, 11) is 0. The number of carbonyl (C=O) groups excluding carboxylic acids is 2. The summed E-state index contributed by atoms with van der Waals surface area (Å²) in [5, 5.41) is 2.39. The van der Waals surface area contributed by atoms with Crippen molar-refractivity contribution in [2.75, 3.05) is 11.4 Å². The lowest BCUT2D eigenvalue weighted by atomic mass is 10.2. The Labute approximate surface area is 112 Å². The van der Waals surface area contributed by atoms with E-state index in [1.807, 2.05) is 0 Å². The van der Waals surface area contributed by atoms with Crippen molar-refractivity contribution in [2.24, 2.45) is 0 Å². The standard InChI is InChI=1S/C12H11F3N2O3/c13-12(14,15)20-9-3-1-8(2-4-9)17-6-5-10(11(17)19)16-7-18/h1-4,7,10H,5-6H2,(H,16,18). The minimum atomic E-state index is -4.75. The van der Waals surface area contributed by atoms with Gasteiger partial charge in [0.2, 0.25) is 12.3 Å². The van der Waals surface area contributed by atoms with Crippen LogP contribution in [0, 0.1) is 0 Å². The fourth-order valence-corrected chi connectivity index (χ4v) is 2.00. The largest absolute Gasteiger partial charge is 0.573 e. The Morgan fingerprint density at radius 3 is 2.50 bits per heavy atom. The van der Waals surface area contributed by atoms with Crippen molar-refractivity contribution in [3.8, 4) is 5.75 Å². The number of rotatable bonds is 4. The lowest BCUT2D eigenvalue weighted by molar-refractivity contribution is -0.274. The van der Waals surface area contributed by atoms with Crippen molar-refractivity contribution >= 4 is 18.0 Å². The molecule has 5 nitrogen and oxygen atoms in total. The number of hydrogen-bond acceptors (Lipinski definition) is 3. The molecule has 0 spiro atoms. The van der Waals surface area contributed by atoms with E-state index in [9.17, 15) is 22.8 Å². The monoisotopic (exact) mass is 288 g/mol. The molecule has 20 heavy (non-hydrogen) atoms. The first-order valence-corrected chi connectivity index (χ1v) is 5.77. The zero-order valence-corrected chi connectivity index (χ0v) is 10.2. The van der Waals surface area contributed by atoms with E-state index in [4.69, 9.17) is 0 Å². The van der Waals surface area contributed by atoms with Crippen LogP contribution in [0.25, 0.3) is 0 Å². The Bertz CT molecular complexity index is 502. The van der Waals surface area contributed by atoms with Gasteiger partial charge < -0.3 is 15.0 Å². The van der Waals surface area contributed by atoms with Gasteiger partial charge in [0.15, 0.2) is 0 Å². The quantitative estimate of drug-likeness (QED) is 0.853. The summed E-state index contributed by atoms with van der Waals surface area (Å²) in [6.07, 6.45) is -3.84. The van der Waals surface area contributed by atoms with Crippen molar-refractivity contribution in [1.29, 1.82) is 0 Å². The molecular weight excluding hydrogens is 277 g/mol. The van der Waals surface area contributed by atoms with Crippen LogP contribution in [-0.2, 0) is 9.59 Å². The van der Waals surface area contributed by atoms with Gasteiger partial charge in [0.25, 0.3) is 0 Å². The molecular formula is C12H11F3N2O3. The summed E-state index contributed by atoms with van der Waals surface area (Å²) in [5.74, 6) is -0.642. The van der Waals surface area contributed by atoms with Crippen LogP contribution in [0.15, 0.2) is 24.3 Å². The molecule has 1 aromatic carbocycles. The summed E-state index contributed by atoms with van der Waals surface area (Å²) in [6, 6.07) is 4.41. The van der Waals surface area contributed by atoms with Crippen molar-refractivity contribution < 1.29 is 27.5 Å². The molecule has 1 unspecified atom stereocenters. The molecule has 2 amide bonds. The van der Waals surface area contributed by atoms with Crippen LogP contribution in [0.3, 0.4) is 0 Å². The first kappa shape index (κ1) is 14.2. The first-order chi connectivity index (χ1) is 9.40. The third kappa shape index (κ3) is 3.19. The van der Waals surface area contributed by atoms with Gasteiger partial charge in [-0.2, -0.15) is 0 Å². The van der Waals surface area contributed by atoms with Gasteiger partial charge in [0, 0.05) is 12.2 Å². The molecule has 1 aliphatic heterocycles. The molecule has 0 bridgehead atoms. The van der Waals surface area contributed by atoms with Gasteiger partial charge in [-0.1, -0.05) is 0 Å². The Morgan fingerprint density at radius 2 is 1.95 bits per heavy atom. The van der Waals surface area contributed by atoms with E-state index >= 15 is 0 Å². The number of nitrogens with one attached hydrogen (secondary N) is 1. The van der Waals surface area contributed by atoms with Gasteiger partial charge in [-0.3, -0.25) is 9.59 Å². The number of ether oxygens (including phenoxy) is 1. The minimum Gasteiger partial charge on any atom is -0.406 e. The van der Waals surface area contributed by atoms with Crippen molar-refractivity contribution in [3.05, 3.63) is 24.3 Å². The Balaban J connectivity index is 2.07. The zero-order valence-electron chi connectivity index (χ0n) is 10.2. The highest BCUT2D eigenvalue weighted by molar-refractivity contribution is 6.00. The number of hydrogen-bond donors (Lipinski definition) is 1. The number of halogens is 3. The summed E-state index contributed by atoms with van der Waals surface area (Å²) < 4.78 is 39.8. The van der Waals surface area contributed by atoms with E-state index in [2.05, 4.69) is 10.1 Å². The van der Waals surface area contributed by atoms with Crippen LogP contribution in [0.5, 0.6) is 5.75 Å². The molecule has 1 N–H and O–H groups in total. The highest BCUT2D eigenvalue weighted by atomic mass is 19.4. The first-order valence-electron chi connectivity index (χ1n) is 5.77. The molecule has 0 radical (unpaired) electrons. The van der Waals surface area contributed by atoms with Crippen LogP contribution in [0.2, 0.25) is 0 Å². The van der Waals surface area contributed by atoms with Crippen molar-refractivity contribution in [3.63, 3.8) is 0 Å². The van der Waals surface area contributed by atoms with E-state index in [1.54, 1.807) is 0 Å². The van der Waals surface area contributed by atoms with Crippen LogP contribution in [0.4, 0.5) is 18.9 Å². The van der Waals surface area contributed by atoms with Crippen LogP contribution in [-0.4, -0.2) is 31.3 Å². The topological polar surface area (TPSA) is 58.6 Å². The van der Waals surface area contributed by atoms with Crippen molar-refractivity contribution in [1.82, 2.24) is 5.32 Å². The Hall–Kier alpha value is -2.25. The molecule has 1 fully saturated rings. The lowest BCUT2D eigenvalue weighted by Crippen LogP contribution is -2.37. The lowest BCUT2D eigenvalue weighted by Gasteiger charge is -2.17. The number of benzene rings is 1. The van der Waals surface area contributed by atoms with E-state index in [-0.39, 0.29) is 11.7 Å². The average Bonchev–Trinajstić information content (AvgIpc) is 2.71. The zero-order chi connectivity index (χ0) is 14.8. The maximum Gasteiger partial charge on any atom is 0.573 e. The minimum absolute atomic E-state index is 0.290. The van der Waals surface area contributed by atoms with Crippen LogP contribution < -0.4 is 15.0 Å². The van der Waals surface area contributed by atoms with Crippen LogP contribution in [0.1, 0.15) is 6.42 Å². The second kappa shape index (κ2) is 5.40. The molecule has 1 saturated heterocycles. The van der Waals surface area contributed by atoms with Gasteiger partial charge in [0.05, 0.1) is 0 Å². The molecule has 1 aliphatic rings. The van der Waals surface area contributed by atoms with E-state index in [0.717, 1.165) is 12.1 Å². The van der Waals surface area contributed by atoms with E-state index < -0.39 is 12.4 Å². The maximum absolute atomic E-state index is 12.0. The smallest absolute Gasteiger partial charge is 0.406 e. The van der Waals surface area contributed by atoms with Gasteiger partial charge in [0.1, 0.15) is 11.8 Å². The Morgan fingerprint density at radius 1 is 1.30 bits per heavy atom. The van der Waals surface area contributed by atoms with Gasteiger partial charge in [-0.05, 0) is 30.7 Å². The fourth-order valence-electron chi connectivity index (χ4n) is 2.00. The van der Waals surface area contributed by atoms with Gasteiger partial charge >= 0.3 is 6.36 Å². The van der Waals surface area contributed by atoms with E-state index in [0.29, 0.717) is 25.1 Å². The number of anilines is 1. The van der Waals surface area contributed by atoms with Crippen molar-refractivity contribution in [2.45, 2.75) is 18.8 Å². The molecule has 0 aliphatic carbocycles. The average molecular weight is 288 g/mol. The SMILES string of the molecule is O=CNC1CCN(c2ccc(OC(F)(F)F)cc2)C1=O. The molecule has 1 aromatic rings. The second-order valence-electron chi connectivity index (χ2n) is 4.16. The molecule has 0 saturated carbocycles. The van der Waals surface area contributed by atoms with Crippen LogP contribution >= 0.6 is 0 Å². The number of amides is 2. The predicted octanol–water partition coefficient (Wildman–Crippen LogP) is 1.44. The molecule has 1 heterocycles. The highest BCUT2D eigenvalue weighted by Gasteiger charge is 2.33. The van der Waals surface area contributed by atoms with Gasteiger partial charge in [-0.25, -0.2) is 0 Å². The number of nitrogens with zero attached hydrogens (tertiary/aromatic N) is 1. The fraction of sp³-hybridized carbons (Fsp3) is 0.333. The highest BCUT2D eigenvalue weighted by Crippen LogP contribution is 2.27. The maximum atomic E-state index is 12.0. The summed E-state index contributed by atoms with van der Waals surface area (Å²) in [4.78, 5) is 23.6. The Kier molecular flexibility index (Phi) is 3.82. The predicted molar refractivity (Wildman–Crippen MR) is 63.1 cm³/mol. The molecule has 2 rings (SSSR count). The molecule has 1 atom stereocenters. The normalized spacial score (nSPS) is 19.1. The third-order valence-electron chi connectivity index (χ3n) is 2.86. The second-order valence-corrected chi connectivity index (χ2v) is 4.16. The third-order valence-corrected chi connectivity index (χ3v) is 2.86. The molecule has 8 heteroatoms. The molecule has 108 valence electrons. The summed E-state index contributed by atoms with van der Waals surface area (Å²) in [5.41, 5.74) is 0.458.